The topological polar surface area (TPSA) is 227 Å². The smallest absolute Gasteiger partial charge is 0.410 e. The molecule has 3 aromatic carbocycles. The fourth-order valence-corrected chi connectivity index (χ4v) is 15.6. The van der Waals surface area contributed by atoms with Gasteiger partial charge in [-0.05, 0) is 156 Å². The van der Waals surface area contributed by atoms with Crippen LogP contribution >= 0.6 is 0 Å². The van der Waals surface area contributed by atoms with Gasteiger partial charge < -0.3 is 38.7 Å². The molecule has 0 aliphatic carbocycles. The average molecular weight is 1170 g/mol. The van der Waals surface area contributed by atoms with Crippen LogP contribution in [0.4, 0.5) is 15.3 Å². The summed E-state index contributed by atoms with van der Waals surface area (Å²) in [6.45, 7) is 9.95. The summed E-state index contributed by atoms with van der Waals surface area (Å²) in [5.74, 6) is -0.720. The number of piperidine rings is 2. The summed E-state index contributed by atoms with van der Waals surface area (Å²) in [4.78, 5) is 65.6. The van der Waals surface area contributed by atoms with Gasteiger partial charge in [-0.1, -0.05) is 42.5 Å². The van der Waals surface area contributed by atoms with Gasteiger partial charge in [-0.2, -0.15) is 4.31 Å². The van der Waals surface area contributed by atoms with Crippen molar-refractivity contribution in [2.75, 3.05) is 43.6 Å². The lowest BCUT2D eigenvalue weighted by Crippen LogP contribution is -2.55. The number of para-hydroxylation sites is 1. The number of sulfonamides is 2. The van der Waals surface area contributed by atoms with Gasteiger partial charge in [0, 0.05) is 101 Å². The van der Waals surface area contributed by atoms with E-state index in [9.17, 15) is 36.0 Å². The highest BCUT2D eigenvalue weighted by atomic mass is 32.2. The molecule has 436 valence electrons. The van der Waals surface area contributed by atoms with Crippen molar-refractivity contribution in [3.05, 3.63) is 162 Å². The molecular weight excluding hydrogens is 1100 g/mol. The number of carbonyl (C=O) groups is 4. The van der Waals surface area contributed by atoms with Crippen molar-refractivity contribution in [2.24, 2.45) is 5.92 Å². The predicted molar refractivity (Wildman–Crippen MR) is 311 cm³/mol. The van der Waals surface area contributed by atoms with Crippen molar-refractivity contribution in [1.29, 1.82) is 0 Å². The van der Waals surface area contributed by atoms with Crippen molar-refractivity contribution in [2.45, 2.75) is 125 Å². The van der Waals surface area contributed by atoms with Crippen LogP contribution in [-0.4, -0.2) is 130 Å². The molecule has 4 aliphatic heterocycles. The van der Waals surface area contributed by atoms with Crippen molar-refractivity contribution < 1.29 is 45.5 Å². The molecule has 4 aromatic heterocycles. The van der Waals surface area contributed by atoms with Gasteiger partial charge in [0.2, 0.25) is 10.0 Å². The lowest BCUT2D eigenvalue weighted by molar-refractivity contribution is -0.0330. The Balaban J connectivity index is 0.638. The van der Waals surface area contributed by atoms with Crippen LogP contribution in [0, 0.1) is 5.92 Å². The average Bonchev–Trinajstić information content (AvgIpc) is 2.69. The van der Waals surface area contributed by atoms with Crippen LogP contribution in [0.3, 0.4) is 0 Å². The fraction of sp³-hybridized carbons (Fsp3) is 0.410. The Morgan fingerprint density at radius 3 is 1.70 bits per heavy atom. The summed E-state index contributed by atoms with van der Waals surface area (Å²) in [7, 11) is -7.85. The van der Waals surface area contributed by atoms with Gasteiger partial charge in [-0.3, -0.25) is 13.9 Å². The first-order valence-electron chi connectivity index (χ1n) is 28.4. The predicted octanol–water partition coefficient (Wildman–Crippen LogP) is 8.78. The highest BCUT2D eigenvalue weighted by Crippen LogP contribution is 2.46. The summed E-state index contributed by atoms with van der Waals surface area (Å²) in [6.07, 6.45) is 14.0. The second-order valence-electron chi connectivity index (χ2n) is 23.6. The number of nitrogens with zero attached hydrogens (tertiary/aromatic N) is 8. The van der Waals surface area contributed by atoms with Gasteiger partial charge in [-0.25, -0.2) is 36.4 Å². The number of imidazole rings is 2. The Morgan fingerprint density at radius 1 is 0.602 bits per heavy atom. The van der Waals surface area contributed by atoms with Gasteiger partial charge in [0.25, 0.3) is 21.8 Å². The quantitative estimate of drug-likeness (QED) is 0.0926. The molecular formula is C61H70N10O10S2. The van der Waals surface area contributed by atoms with Crippen LogP contribution in [0.5, 0.6) is 0 Å². The molecule has 0 bridgehead atoms. The number of rotatable bonds is 16. The Kier molecular flexibility index (Phi) is 15.6. The molecule has 0 radical (unpaired) electrons. The monoisotopic (exact) mass is 1170 g/mol. The van der Waals surface area contributed by atoms with E-state index in [4.69, 9.17) is 9.47 Å². The summed E-state index contributed by atoms with van der Waals surface area (Å²) < 4.78 is 76.1. The number of carbonyl (C=O) groups excluding carboxylic acids is 4. The van der Waals surface area contributed by atoms with Gasteiger partial charge in [-0.15, -0.1) is 0 Å². The molecule has 20 nitrogen and oxygen atoms in total. The first kappa shape index (κ1) is 57.0. The standard InChI is InChI=1S/C61H70N10O10S2/c1-59(2,80-57(74)66-33-27-61(28-34-66)24-8-32-71(61)83(78,79)49-20-14-44(15-21-49)38-65-56(73)47-17-23-54-63-30-36-68(54)41-47)25-26-60(3,4)81-58(75)69-31-7-9-45(39-69)51-42-70(52-11-6-5-10-50(51)52)82(76,77)48-18-12-43(13-19-48)37-64-55(72)46-16-22-53-62-29-35-67(53)40-46/h5-6,10-23,29-30,35-36,40-41,45,51H,7-9,24-28,31-34,37-39,42H2,1-4H3,(H,64,72)(H,65,73). The third-order valence-corrected chi connectivity index (χ3v) is 20.8. The lowest BCUT2D eigenvalue weighted by atomic mass is 9.82. The van der Waals surface area contributed by atoms with Crippen molar-refractivity contribution in [3.63, 3.8) is 0 Å². The lowest BCUT2D eigenvalue weighted by Gasteiger charge is -2.44. The van der Waals surface area contributed by atoms with Gasteiger partial charge in [0.1, 0.15) is 22.5 Å². The molecule has 8 heterocycles. The molecule has 7 aromatic rings. The van der Waals surface area contributed by atoms with Crippen molar-refractivity contribution in [1.82, 2.24) is 43.5 Å². The number of likely N-dealkylation sites (tertiary alicyclic amines) is 2. The molecule has 2 unspecified atom stereocenters. The van der Waals surface area contributed by atoms with Crippen LogP contribution < -0.4 is 14.9 Å². The Hall–Kier alpha value is -7.82. The Morgan fingerprint density at radius 2 is 1.13 bits per heavy atom. The zero-order chi connectivity index (χ0) is 58.3. The van der Waals surface area contributed by atoms with Gasteiger partial charge in [0.15, 0.2) is 0 Å². The second-order valence-corrected chi connectivity index (χ2v) is 27.3. The molecule has 22 heteroatoms. The molecule has 1 spiro atoms. The Bertz CT molecular complexity index is 3800. The van der Waals surface area contributed by atoms with Crippen molar-refractivity contribution >= 4 is 61.0 Å². The number of nitrogens with one attached hydrogen (secondary N) is 2. The van der Waals surface area contributed by atoms with E-state index in [1.54, 1.807) is 133 Å². The number of amides is 4. The summed E-state index contributed by atoms with van der Waals surface area (Å²) in [5.41, 5.74) is 2.99. The molecule has 0 saturated carbocycles. The normalized spacial score (nSPS) is 18.6. The summed E-state index contributed by atoms with van der Waals surface area (Å²) in [6, 6.07) is 27.7. The Labute approximate surface area is 483 Å². The van der Waals surface area contributed by atoms with Crippen LogP contribution in [-0.2, 0) is 42.6 Å². The fourth-order valence-electron chi connectivity index (χ4n) is 12.2. The van der Waals surface area contributed by atoms with E-state index < -0.39 is 49.0 Å². The summed E-state index contributed by atoms with van der Waals surface area (Å²) >= 11 is 0. The first-order chi connectivity index (χ1) is 39.7. The highest BCUT2D eigenvalue weighted by Gasteiger charge is 2.50. The van der Waals surface area contributed by atoms with Crippen LogP contribution in [0.2, 0.25) is 0 Å². The third-order valence-electron chi connectivity index (χ3n) is 17.0. The minimum absolute atomic E-state index is 0.0344. The van der Waals surface area contributed by atoms with E-state index in [1.807, 2.05) is 52.0 Å². The molecule has 4 amide bonds. The highest BCUT2D eigenvalue weighted by molar-refractivity contribution is 7.92. The van der Waals surface area contributed by atoms with Crippen LogP contribution in [0.15, 0.2) is 144 Å². The molecule has 83 heavy (non-hydrogen) atoms. The largest absolute Gasteiger partial charge is 0.443 e. The number of benzene rings is 3. The SMILES string of the molecule is CC(C)(CCC(C)(C)OC(=O)N1CCCC(C2CN(S(=O)(=O)c3ccc(CNC(=O)c4ccc5nccn5c4)cc3)c3ccccc32)C1)OC(=O)N1CCC2(CCCN2S(=O)(=O)c2ccc(CNC(=O)c3ccc4nccn4c3)cc2)CC1. The molecule has 3 saturated heterocycles. The number of aromatic nitrogens is 4. The zero-order valence-corrected chi connectivity index (χ0v) is 48.8. The zero-order valence-electron chi connectivity index (χ0n) is 47.1. The van der Waals surface area contributed by atoms with Crippen LogP contribution in [0.1, 0.15) is 122 Å². The number of hydrogen-bond donors (Lipinski definition) is 2. The first-order valence-corrected chi connectivity index (χ1v) is 31.3. The number of hydrogen-bond acceptors (Lipinski definition) is 12. The molecule has 2 N–H and O–H groups in total. The number of pyridine rings is 2. The number of anilines is 1. The van der Waals surface area contributed by atoms with Crippen LogP contribution in [0.25, 0.3) is 11.3 Å². The number of fused-ring (bicyclic) bond motifs is 3. The maximum absolute atomic E-state index is 14.4. The van der Waals surface area contributed by atoms with E-state index in [0.29, 0.717) is 88.1 Å². The molecule has 11 rings (SSSR count). The molecule has 3 fully saturated rings. The minimum Gasteiger partial charge on any atom is -0.443 e. The maximum Gasteiger partial charge on any atom is 0.410 e. The minimum atomic E-state index is -3.98. The molecule has 2 atom stereocenters. The second kappa shape index (κ2) is 22.7. The van der Waals surface area contributed by atoms with Gasteiger partial charge in [0.05, 0.1) is 26.6 Å². The number of ether oxygens (including phenoxy) is 2. The summed E-state index contributed by atoms with van der Waals surface area (Å²) in [5, 5.41) is 5.81. The van der Waals surface area contributed by atoms with E-state index in [0.717, 1.165) is 40.8 Å². The van der Waals surface area contributed by atoms with Gasteiger partial charge >= 0.3 is 12.2 Å². The van der Waals surface area contributed by atoms with E-state index in [2.05, 4.69) is 20.6 Å². The van der Waals surface area contributed by atoms with E-state index >= 15 is 0 Å². The third kappa shape index (κ3) is 12.0. The van der Waals surface area contributed by atoms with Crippen molar-refractivity contribution in [3.8, 4) is 0 Å². The van der Waals surface area contributed by atoms with E-state index in [1.165, 1.54) is 4.31 Å². The maximum atomic E-state index is 14.4. The molecule has 4 aliphatic rings. The van der Waals surface area contributed by atoms with E-state index in [-0.39, 0.29) is 53.1 Å².